The van der Waals surface area contributed by atoms with E-state index in [-0.39, 0.29) is 32.0 Å². The number of halogens is 3. The first-order valence-corrected chi connectivity index (χ1v) is 7.95. The lowest BCUT2D eigenvalue weighted by Crippen LogP contribution is -2.74. The van der Waals surface area contributed by atoms with Gasteiger partial charge in [0.1, 0.15) is 0 Å². The standard InChI is InChI=1S/C15H25F3N2O3/c1-4-23-13(22)14(15(16,17)18,19-12(21)10-11(2)3)20-8-6-5-7-9-20/h11H,4-10H2,1-3H3,(H,19,21). The molecule has 0 aromatic carbocycles. The predicted molar refractivity (Wildman–Crippen MR) is 78.4 cm³/mol. The minimum absolute atomic E-state index is 0.0836. The number of carbonyl (C=O) groups is 2. The van der Waals surface area contributed by atoms with E-state index in [9.17, 15) is 22.8 Å². The molecule has 1 amide bonds. The maximum atomic E-state index is 13.9. The highest BCUT2D eigenvalue weighted by Crippen LogP contribution is 2.36. The third-order valence-electron chi connectivity index (χ3n) is 3.73. The van der Waals surface area contributed by atoms with Crippen molar-refractivity contribution in [3.63, 3.8) is 0 Å². The second-order valence-electron chi connectivity index (χ2n) is 6.12. The Hall–Kier alpha value is -1.31. The SMILES string of the molecule is CCOC(=O)C(NC(=O)CC(C)C)(N1CCCCC1)C(F)(F)F. The van der Waals surface area contributed by atoms with Crippen molar-refractivity contribution in [3.05, 3.63) is 0 Å². The van der Waals surface area contributed by atoms with Crippen molar-refractivity contribution in [3.8, 4) is 0 Å². The molecule has 8 heteroatoms. The van der Waals surface area contributed by atoms with Crippen LogP contribution in [-0.2, 0) is 14.3 Å². The Balaban J connectivity index is 3.22. The lowest BCUT2D eigenvalue weighted by molar-refractivity contribution is -0.251. The third-order valence-corrected chi connectivity index (χ3v) is 3.73. The molecular weight excluding hydrogens is 313 g/mol. The van der Waals surface area contributed by atoms with Gasteiger partial charge in [-0.1, -0.05) is 20.3 Å². The molecule has 1 N–H and O–H groups in total. The molecule has 0 aliphatic carbocycles. The van der Waals surface area contributed by atoms with Gasteiger partial charge in [-0.3, -0.25) is 9.69 Å². The van der Waals surface area contributed by atoms with Crippen molar-refractivity contribution in [1.82, 2.24) is 10.2 Å². The van der Waals surface area contributed by atoms with E-state index in [1.165, 1.54) is 6.92 Å². The lowest BCUT2D eigenvalue weighted by Gasteiger charge is -2.44. The second-order valence-corrected chi connectivity index (χ2v) is 6.12. The molecule has 5 nitrogen and oxygen atoms in total. The summed E-state index contributed by atoms with van der Waals surface area (Å²) in [6.45, 7) is 4.86. The Morgan fingerprint density at radius 3 is 2.17 bits per heavy atom. The first-order valence-electron chi connectivity index (χ1n) is 7.95. The van der Waals surface area contributed by atoms with Crippen LogP contribution in [-0.4, -0.2) is 48.3 Å². The van der Waals surface area contributed by atoms with E-state index in [1.54, 1.807) is 13.8 Å². The van der Waals surface area contributed by atoms with E-state index in [0.29, 0.717) is 12.8 Å². The molecule has 0 aromatic rings. The molecule has 0 aromatic heterocycles. The van der Waals surface area contributed by atoms with E-state index < -0.39 is 23.7 Å². The van der Waals surface area contributed by atoms with E-state index >= 15 is 0 Å². The van der Waals surface area contributed by atoms with E-state index in [4.69, 9.17) is 0 Å². The highest BCUT2D eigenvalue weighted by Gasteiger charge is 2.66. The molecule has 0 bridgehead atoms. The fraction of sp³-hybridized carbons (Fsp3) is 0.867. The zero-order valence-corrected chi connectivity index (χ0v) is 13.8. The Labute approximate surface area is 134 Å². The fourth-order valence-electron chi connectivity index (χ4n) is 2.71. The quantitative estimate of drug-likeness (QED) is 0.756. The Morgan fingerprint density at radius 2 is 1.74 bits per heavy atom. The molecule has 1 fully saturated rings. The predicted octanol–water partition coefficient (Wildman–Crippen LogP) is 2.46. The van der Waals surface area contributed by atoms with Crippen LogP contribution < -0.4 is 5.32 Å². The van der Waals surface area contributed by atoms with Gasteiger partial charge in [0.2, 0.25) is 5.91 Å². The Bertz CT molecular complexity index is 421. The Kier molecular flexibility index (Phi) is 6.85. The number of alkyl halides is 3. The van der Waals surface area contributed by atoms with Gasteiger partial charge in [0.15, 0.2) is 0 Å². The van der Waals surface area contributed by atoms with Crippen molar-refractivity contribution in [2.45, 2.75) is 58.3 Å². The number of amides is 1. The van der Waals surface area contributed by atoms with Crippen LogP contribution in [0, 0.1) is 5.92 Å². The average Bonchev–Trinajstić information content (AvgIpc) is 2.43. The van der Waals surface area contributed by atoms with Crippen LogP contribution in [0.1, 0.15) is 46.5 Å². The highest BCUT2D eigenvalue weighted by molar-refractivity contribution is 5.88. The van der Waals surface area contributed by atoms with Crippen LogP contribution >= 0.6 is 0 Å². The van der Waals surface area contributed by atoms with Crippen LogP contribution in [0.5, 0.6) is 0 Å². The smallest absolute Gasteiger partial charge is 0.436 e. The van der Waals surface area contributed by atoms with Gasteiger partial charge in [0.25, 0.3) is 5.66 Å². The maximum Gasteiger partial charge on any atom is 0.436 e. The van der Waals surface area contributed by atoms with Gasteiger partial charge in [-0.2, -0.15) is 13.2 Å². The average molecular weight is 338 g/mol. The van der Waals surface area contributed by atoms with Crippen molar-refractivity contribution >= 4 is 11.9 Å². The molecule has 134 valence electrons. The van der Waals surface area contributed by atoms with E-state index in [2.05, 4.69) is 4.74 Å². The molecule has 23 heavy (non-hydrogen) atoms. The number of rotatable bonds is 6. The number of nitrogens with zero attached hydrogens (tertiary/aromatic N) is 1. The molecule has 1 heterocycles. The minimum Gasteiger partial charge on any atom is -0.463 e. The summed E-state index contributed by atoms with van der Waals surface area (Å²) in [6, 6.07) is 0. The molecule has 1 atom stereocenters. The summed E-state index contributed by atoms with van der Waals surface area (Å²) in [7, 11) is 0. The third kappa shape index (κ3) is 4.59. The second kappa shape index (κ2) is 7.99. The summed E-state index contributed by atoms with van der Waals surface area (Å²) in [5.41, 5.74) is -3.10. The fourth-order valence-corrected chi connectivity index (χ4v) is 2.71. The summed E-state index contributed by atoms with van der Waals surface area (Å²) >= 11 is 0. The van der Waals surface area contributed by atoms with Gasteiger partial charge < -0.3 is 10.1 Å². The largest absolute Gasteiger partial charge is 0.463 e. The van der Waals surface area contributed by atoms with Gasteiger partial charge >= 0.3 is 12.1 Å². The van der Waals surface area contributed by atoms with E-state index in [1.807, 2.05) is 5.32 Å². The molecule has 1 saturated heterocycles. The topological polar surface area (TPSA) is 58.6 Å². The van der Waals surface area contributed by atoms with Crippen LogP contribution in [0.3, 0.4) is 0 Å². The summed E-state index contributed by atoms with van der Waals surface area (Å²) in [5.74, 6) is -2.40. The summed E-state index contributed by atoms with van der Waals surface area (Å²) in [6.07, 6.45) is -3.18. The number of ether oxygens (including phenoxy) is 1. The Morgan fingerprint density at radius 1 is 1.17 bits per heavy atom. The molecule has 1 unspecified atom stereocenters. The molecule has 0 radical (unpaired) electrons. The molecule has 0 spiro atoms. The van der Waals surface area contributed by atoms with Crippen molar-refractivity contribution in [2.24, 2.45) is 5.92 Å². The summed E-state index contributed by atoms with van der Waals surface area (Å²) in [5, 5.41) is 1.94. The maximum absolute atomic E-state index is 13.9. The highest BCUT2D eigenvalue weighted by atomic mass is 19.4. The monoisotopic (exact) mass is 338 g/mol. The van der Waals surface area contributed by atoms with Gasteiger partial charge in [-0.05, 0) is 25.7 Å². The van der Waals surface area contributed by atoms with E-state index in [0.717, 1.165) is 11.3 Å². The molecule has 1 rings (SSSR count). The van der Waals surface area contributed by atoms with Crippen LogP contribution in [0.15, 0.2) is 0 Å². The molecular formula is C15H25F3N2O3. The number of piperidine rings is 1. The zero-order chi connectivity index (χ0) is 17.7. The van der Waals surface area contributed by atoms with Gasteiger partial charge in [0, 0.05) is 19.5 Å². The number of esters is 1. The number of carbonyl (C=O) groups excluding carboxylic acids is 2. The van der Waals surface area contributed by atoms with Gasteiger partial charge in [0.05, 0.1) is 6.61 Å². The minimum atomic E-state index is -4.97. The molecule has 1 aliphatic rings. The molecule has 0 saturated carbocycles. The van der Waals surface area contributed by atoms with Crippen LogP contribution in [0.25, 0.3) is 0 Å². The van der Waals surface area contributed by atoms with Crippen LogP contribution in [0.2, 0.25) is 0 Å². The normalized spacial score (nSPS) is 19.3. The number of hydrogen-bond donors (Lipinski definition) is 1. The summed E-state index contributed by atoms with van der Waals surface area (Å²) in [4.78, 5) is 25.2. The number of hydrogen-bond acceptors (Lipinski definition) is 4. The zero-order valence-electron chi connectivity index (χ0n) is 13.8. The van der Waals surface area contributed by atoms with Gasteiger partial charge in [-0.15, -0.1) is 0 Å². The first-order chi connectivity index (χ1) is 10.6. The summed E-state index contributed by atoms with van der Waals surface area (Å²) < 4.78 is 46.3. The number of nitrogens with one attached hydrogen (secondary N) is 1. The number of likely N-dealkylation sites (tertiary alicyclic amines) is 1. The van der Waals surface area contributed by atoms with Crippen molar-refractivity contribution in [1.29, 1.82) is 0 Å². The van der Waals surface area contributed by atoms with Crippen LogP contribution in [0.4, 0.5) is 13.2 Å². The lowest BCUT2D eigenvalue weighted by atomic mass is 10.0. The van der Waals surface area contributed by atoms with Gasteiger partial charge in [-0.25, -0.2) is 4.79 Å². The van der Waals surface area contributed by atoms with Crippen molar-refractivity contribution < 1.29 is 27.5 Å². The van der Waals surface area contributed by atoms with Crippen molar-refractivity contribution in [2.75, 3.05) is 19.7 Å². The first kappa shape index (κ1) is 19.7. The molecule has 1 aliphatic heterocycles.